The molecule has 0 spiro atoms. The standard InChI is InChI=1S/C25H25FN4O2/c1-4-18-7-11-21(12-8-18)30-25-24(17(3)29-30)16(2)13-23(28-25)32-15-22(31)27-14-19-5-9-20(26)10-6-19/h5-13H,4,14-15H2,1-3H3,(H,27,31). The Bertz CT molecular complexity index is 1250. The molecule has 32 heavy (non-hydrogen) atoms. The average Bonchev–Trinajstić information content (AvgIpc) is 3.14. The van der Waals surface area contributed by atoms with E-state index in [-0.39, 0.29) is 18.3 Å². The van der Waals surface area contributed by atoms with Gasteiger partial charge in [0.05, 0.1) is 11.4 Å². The van der Waals surface area contributed by atoms with Crippen molar-refractivity contribution in [2.75, 3.05) is 6.61 Å². The molecule has 0 radical (unpaired) electrons. The van der Waals surface area contributed by atoms with E-state index in [1.165, 1.54) is 17.7 Å². The molecule has 0 aliphatic rings. The number of carbonyl (C=O) groups is 1. The van der Waals surface area contributed by atoms with E-state index in [4.69, 9.17) is 4.74 Å². The van der Waals surface area contributed by atoms with Gasteiger partial charge in [-0.15, -0.1) is 0 Å². The number of benzene rings is 2. The van der Waals surface area contributed by atoms with E-state index in [2.05, 4.69) is 34.5 Å². The third-order valence-corrected chi connectivity index (χ3v) is 5.33. The molecule has 7 heteroatoms. The number of nitrogens with one attached hydrogen (secondary N) is 1. The summed E-state index contributed by atoms with van der Waals surface area (Å²) < 4.78 is 20.5. The van der Waals surface area contributed by atoms with Crippen molar-refractivity contribution >= 4 is 16.9 Å². The number of nitrogens with zero attached hydrogens (tertiary/aromatic N) is 3. The smallest absolute Gasteiger partial charge is 0.258 e. The number of pyridine rings is 1. The molecular weight excluding hydrogens is 407 g/mol. The first-order valence-electron chi connectivity index (χ1n) is 10.5. The van der Waals surface area contributed by atoms with Gasteiger partial charge in [-0.3, -0.25) is 4.79 Å². The van der Waals surface area contributed by atoms with Gasteiger partial charge in [0, 0.05) is 18.0 Å². The molecule has 0 bridgehead atoms. The summed E-state index contributed by atoms with van der Waals surface area (Å²) in [5.41, 5.74) is 5.53. The summed E-state index contributed by atoms with van der Waals surface area (Å²) in [5, 5.41) is 8.41. The summed E-state index contributed by atoms with van der Waals surface area (Å²) in [7, 11) is 0. The van der Waals surface area contributed by atoms with E-state index in [9.17, 15) is 9.18 Å². The van der Waals surface area contributed by atoms with Crippen LogP contribution in [0.15, 0.2) is 54.6 Å². The summed E-state index contributed by atoms with van der Waals surface area (Å²) in [4.78, 5) is 16.8. The third-order valence-electron chi connectivity index (χ3n) is 5.33. The monoisotopic (exact) mass is 432 g/mol. The molecule has 0 saturated heterocycles. The topological polar surface area (TPSA) is 69.0 Å². The maximum atomic E-state index is 13.0. The second kappa shape index (κ2) is 9.18. The Morgan fingerprint density at radius 3 is 2.44 bits per heavy atom. The van der Waals surface area contributed by atoms with Crippen molar-refractivity contribution in [2.45, 2.75) is 33.7 Å². The molecule has 0 aliphatic carbocycles. The number of aryl methyl sites for hydroxylation is 3. The number of ether oxygens (including phenoxy) is 1. The Morgan fingerprint density at radius 2 is 1.75 bits per heavy atom. The SMILES string of the molecule is CCc1ccc(-n2nc(C)c3c(C)cc(OCC(=O)NCc4ccc(F)cc4)nc32)cc1. The van der Waals surface area contributed by atoms with Gasteiger partial charge >= 0.3 is 0 Å². The number of aromatic nitrogens is 3. The molecule has 0 fully saturated rings. The van der Waals surface area contributed by atoms with Crippen LogP contribution in [-0.4, -0.2) is 27.3 Å². The Kier molecular flexibility index (Phi) is 6.16. The highest BCUT2D eigenvalue weighted by Gasteiger charge is 2.15. The van der Waals surface area contributed by atoms with Crippen LogP contribution in [0.25, 0.3) is 16.7 Å². The number of amides is 1. The molecule has 4 aromatic rings. The van der Waals surface area contributed by atoms with Crippen LogP contribution in [0.3, 0.4) is 0 Å². The summed E-state index contributed by atoms with van der Waals surface area (Å²) in [6.45, 7) is 6.18. The highest BCUT2D eigenvalue weighted by molar-refractivity contribution is 5.84. The summed E-state index contributed by atoms with van der Waals surface area (Å²) in [6.07, 6.45) is 0.970. The number of carbonyl (C=O) groups excluding carboxylic acids is 1. The maximum Gasteiger partial charge on any atom is 0.258 e. The van der Waals surface area contributed by atoms with Crippen molar-refractivity contribution in [3.8, 4) is 11.6 Å². The van der Waals surface area contributed by atoms with Gasteiger partial charge in [-0.25, -0.2) is 9.07 Å². The first-order valence-corrected chi connectivity index (χ1v) is 10.5. The van der Waals surface area contributed by atoms with Crippen molar-refractivity contribution in [3.05, 3.63) is 82.8 Å². The highest BCUT2D eigenvalue weighted by atomic mass is 19.1. The lowest BCUT2D eigenvalue weighted by atomic mass is 10.1. The molecule has 0 atom stereocenters. The zero-order chi connectivity index (χ0) is 22.7. The van der Waals surface area contributed by atoms with Crippen molar-refractivity contribution in [1.29, 1.82) is 0 Å². The van der Waals surface area contributed by atoms with Gasteiger partial charge in [0.2, 0.25) is 5.88 Å². The minimum absolute atomic E-state index is 0.169. The lowest BCUT2D eigenvalue weighted by Gasteiger charge is -2.09. The molecule has 0 aliphatic heterocycles. The molecule has 164 valence electrons. The first kappa shape index (κ1) is 21.5. The van der Waals surface area contributed by atoms with Gasteiger partial charge in [0.15, 0.2) is 12.3 Å². The molecule has 1 N–H and O–H groups in total. The first-order chi connectivity index (χ1) is 15.4. The summed E-state index contributed by atoms with van der Waals surface area (Å²) in [6, 6.07) is 16.0. The van der Waals surface area contributed by atoms with Crippen molar-refractivity contribution in [2.24, 2.45) is 0 Å². The fourth-order valence-electron chi connectivity index (χ4n) is 3.59. The molecule has 0 saturated carbocycles. The lowest BCUT2D eigenvalue weighted by Crippen LogP contribution is -2.28. The van der Waals surface area contributed by atoms with Crippen LogP contribution >= 0.6 is 0 Å². The number of hydrogen-bond donors (Lipinski definition) is 1. The van der Waals surface area contributed by atoms with Gasteiger partial charge in [0.1, 0.15) is 5.82 Å². The Hall–Kier alpha value is -3.74. The van der Waals surface area contributed by atoms with Crippen LogP contribution in [0.4, 0.5) is 4.39 Å². The molecule has 0 unspecified atom stereocenters. The van der Waals surface area contributed by atoms with Crippen LogP contribution in [0, 0.1) is 19.7 Å². The molecule has 1 amide bonds. The largest absolute Gasteiger partial charge is 0.468 e. The maximum absolute atomic E-state index is 13.0. The van der Waals surface area contributed by atoms with E-state index in [1.54, 1.807) is 16.8 Å². The van der Waals surface area contributed by atoms with Crippen LogP contribution in [0.5, 0.6) is 5.88 Å². The van der Waals surface area contributed by atoms with Gasteiger partial charge < -0.3 is 10.1 Å². The molecule has 4 rings (SSSR count). The number of hydrogen-bond acceptors (Lipinski definition) is 4. The second-order valence-electron chi connectivity index (χ2n) is 7.69. The van der Waals surface area contributed by atoms with Gasteiger partial charge in [0.25, 0.3) is 5.91 Å². The molecule has 2 aromatic heterocycles. The normalized spacial score (nSPS) is 11.0. The zero-order valence-corrected chi connectivity index (χ0v) is 18.4. The Balaban J connectivity index is 1.50. The van der Waals surface area contributed by atoms with E-state index in [0.29, 0.717) is 18.1 Å². The van der Waals surface area contributed by atoms with Crippen LogP contribution in [0.1, 0.15) is 29.3 Å². The minimum Gasteiger partial charge on any atom is -0.468 e. The predicted octanol–water partition coefficient (Wildman–Crippen LogP) is 4.43. The highest BCUT2D eigenvalue weighted by Crippen LogP contribution is 2.26. The third kappa shape index (κ3) is 4.61. The lowest BCUT2D eigenvalue weighted by molar-refractivity contribution is -0.123. The van der Waals surface area contributed by atoms with E-state index in [0.717, 1.165) is 34.3 Å². The van der Waals surface area contributed by atoms with Crippen molar-refractivity contribution in [3.63, 3.8) is 0 Å². The van der Waals surface area contributed by atoms with Crippen LogP contribution in [0.2, 0.25) is 0 Å². The van der Waals surface area contributed by atoms with E-state index >= 15 is 0 Å². The second-order valence-corrected chi connectivity index (χ2v) is 7.69. The van der Waals surface area contributed by atoms with Crippen molar-refractivity contribution in [1.82, 2.24) is 20.1 Å². The molecule has 2 heterocycles. The van der Waals surface area contributed by atoms with E-state index in [1.807, 2.05) is 32.0 Å². The van der Waals surface area contributed by atoms with Crippen molar-refractivity contribution < 1.29 is 13.9 Å². The zero-order valence-electron chi connectivity index (χ0n) is 18.4. The number of fused-ring (bicyclic) bond motifs is 1. The van der Waals surface area contributed by atoms with Gasteiger partial charge in [-0.05, 0) is 61.2 Å². The summed E-state index contributed by atoms with van der Waals surface area (Å²) >= 11 is 0. The van der Waals surface area contributed by atoms with Crippen LogP contribution in [-0.2, 0) is 17.8 Å². The fourth-order valence-corrected chi connectivity index (χ4v) is 3.59. The Morgan fingerprint density at radius 1 is 1.06 bits per heavy atom. The van der Waals surface area contributed by atoms with Gasteiger partial charge in [-0.1, -0.05) is 31.2 Å². The molecule has 2 aromatic carbocycles. The average molecular weight is 432 g/mol. The Labute approximate surface area is 186 Å². The summed E-state index contributed by atoms with van der Waals surface area (Å²) in [5.74, 6) is -0.233. The number of rotatable bonds is 7. The molecular formula is C25H25FN4O2. The van der Waals surface area contributed by atoms with E-state index < -0.39 is 0 Å². The molecule has 6 nitrogen and oxygen atoms in total. The van der Waals surface area contributed by atoms with Crippen LogP contribution < -0.4 is 10.1 Å². The predicted molar refractivity (Wildman–Crippen MR) is 121 cm³/mol. The quantitative estimate of drug-likeness (QED) is 0.469. The minimum atomic E-state index is -0.309. The van der Waals surface area contributed by atoms with Gasteiger partial charge in [-0.2, -0.15) is 10.1 Å². The number of halogens is 1. The fraction of sp³-hybridized carbons (Fsp3) is 0.240.